The average Bonchev–Trinajstić information content (AvgIpc) is 1.89. The number of nitrogens with zero attached hydrogens (tertiary/aromatic N) is 1. The first-order chi connectivity index (χ1) is 4.31. The van der Waals surface area contributed by atoms with Gasteiger partial charge in [0.2, 0.25) is 6.41 Å². The first-order valence-electron chi connectivity index (χ1n) is 3.19. The molecule has 0 aromatic rings. The molecule has 2 nitrogen and oxygen atoms in total. The number of hydrogen-bond donors (Lipinski definition) is 0. The van der Waals surface area contributed by atoms with Gasteiger partial charge < -0.3 is 0 Å². The highest BCUT2D eigenvalue weighted by Crippen LogP contribution is 1.95. The van der Waals surface area contributed by atoms with Crippen molar-refractivity contribution >= 4 is 6.41 Å². The first-order valence-corrected chi connectivity index (χ1v) is 3.19. The Kier molecular flexibility index (Phi) is 5.17. The summed E-state index contributed by atoms with van der Waals surface area (Å²) in [6.07, 6.45) is 2.99. The zero-order chi connectivity index (χ0) is 7.11. The summed E-state index contributed by atoms with van der Waals surface area (Å²) in [5, 5.41) is 0.176. The molecule has 0 heterocycles. The van der Waals surface area contributed by atoms with Gasteiger partial charge in [-0.25, -0.2) is 0 Å². The number of carbonyl (C=O) groups excluding carboxylic acids is 1. The topological polar surface area (TPSA) is 20.3 Å². The summed E-state index contributed by atoms with van der Waals surface area (Å²) in [7, 11) is 0. The van der Waals surface area contributed by atoms with Gasteiger partial charge in [-0.1, -0.05) is 24.2 Å². The smallest absolute Gasteiger partial charge is 0.237 e. The van der Waals surface area contributed by atoms with Gasteiger partial charge in [-0.3, -0.25) is 4.79 Å². The monoisotopic (exact) mass is 133 g/mol. The van der Waals surface area contributed by atoms with E-state index in [0.717, 1.165) is 19.3 Å². The van der Waals surface area contributed by atoms with E-state index in [1.165, 1.54) is 0 Å². The molecule has 0 rings (SSSR count). The van der Waals surface area contributed by atoms with Crippen LogP contribution in [-0.2, 0) is 4.79 Å². The van der Waals surface area contributed by atoms with E-state index in [1.807, 2.05) is 6.92 Å². The zero-order valence-corrected chi connectivity index (χ0v) is 5.64. The molecule has 0 aliphatic heterocycles. The van der Waals surface area contributed by atoms with E-state index in [2.05, 4.69) is 0 Å². The van der Waals surface area contributed by atoms with Crippen molar-refractivity contribution in [1.29, 1.82) is 0 Å². The Hall–Kier alpha value is -0.600. The molecule has 0 aromatic carbocycles. The molecule has 1 amide bonds. The normalized spacial score (nSPS) is 9.11. The largest absolute Gasteiger partial charge is 0.276 e. The van der Waals surface area contributed by atoms with Crippen LogP contribution in [-0.4, -0.2) is 18.1 Å². The lowest BCUT2D eigenvalue weighted by Gasteiger charge is -2.02. The predicted molar refractivity (Wildman–Crippen MR) is 33.4 cm³/mol. The van der Waals surface area contributed by atoms with Crippen molar-refractivity contribution in [3.63, 3.8) is 0 Å². The summed E-state index contributed by atoms with van der Waals surface area (Å²) in [6, 6.07) is 0. The van der Waals surface area contributed by atoms with E-state index in [1.54, 1.807) is 0 Å². The van der Waals surface area contributed by atoms with Gasteiger partial charge in [-0.2, -0.15) is 5.12 Å². The third-order valence-corrected chi connectivity index (χ3v) is 1.09. The summed E-state index contributed by atoms with van der Waals surface area (Å²) >= 11 is 0. The summed E-state index contributed by atoms with van der Waals surface area (Å²) < 4.78 is 11.9. The molecular formula is C6H12FNO. The molecule has 9 heavy (non-hydrogen) atoms. The second-order valence-electron chi connectivity index (χ2n) is 1.94. The van der Waals surface area contributed by atoms with E-state index >= 15 is 0 Å². The van der Waals surface area contributed by atoms with Gasteiger partial charge in [0.15, 0.2) is 0 Å². The van der Waals surface area contributed by atoms with E-state index < -0.39 is 0 Å². The minimum Gasteiger partial charge on any atom is -0.276 e. The maximum atomic E-state index is 11.9. The van der Waals surface area contributed by atoms with Gasteiger partial charge in [0.25, 0.3) is 0 Å². The fraction of sp³-hybridized carbons (Fsp3) is 0.833. The highest BCUT2D eigenvalue weighted by Gasteiger charge is 1.94. The minimum atomic E-state index is 0.176. The molecule has 0 spiro atoms. The Morgan fingerprint density at radius 2 is 2.22 bits per heavy atom. The van der Waals surface area contributed by atoms with E-state index in [9.17, 15) is 9.28 Å². The molecule has 0 atom stereocenters. The zero-order valence-electron chi connectivity index (χ0n) is 5.64. The van der Waals surface area contributed by atoms with Crippen molar-refractivity contribution < 1.29 is 9.28 Å². The Bertz CT molecular complexity index is 77.5. The number of carbonyl (C=O) groups is 1. The molecule has 0 saturated heterocycles. The predicted octanol–water partition coefficient (Wildman–Crippen LogP) is 1.52. The van der Waals surface area contributed by atoms with Crippen LogP contribution in [0.5, 0.6) is 0 Å². The van der Waals surface area contributed by atoms with Crippen LogP contribution in [0.1, 0.15) is 26.2 Å². The molecule has 0 saturated carbocycles. The van der Waals surface area contributed by atoms with Crippen molar-refractivity contribution in [3.05, 3.63) is 0 Å². The molecule has 54 valence electrons. The standard InChI is InChI=1S/C6H12FNO/c1-2-3-4-5-8(7)6-9/h6H,2-5H2,1H3. The quantitative estimate of drug-likeness (QED) is 0.316. The van der Waals surface area contributed by atoms with Crippen LogP contribution in [0.3, 0.4) is 0 Å². The number of hydrogen-bond acceptors (Lipinski definition) is 1. The van der Waals surface area contributed by atoms with Crippen LogP contribution < -0.4 is 0 Å². The maximum absolute atomic E-state index is 11.9. The fourth-order valence-corrected chi connectivity index (χ4v) is 0.566. The molecule has 0 aliphatic carbocycles. The van der Waals surface area contributed by atoms with Crippen molar-refractivity contribution in [2.45, 2.75) is 26.2 Å². The Morgan fingerprint density at radius 1 is 1.56 bits per heavy atom. The number of unbranched alkanes of at least 4 members (excludes halogenated alkanes) is 2. The highest BCUT2D eigenvalue weighted by atomic mass is 19.2. The van der Waals surface area contributed by atoms with Crippen LogP contribution in [0.4, 0.5) is 4.48 Å². The summed E-state index contributed by atoms with van der Waals surface area (Å²) in [5.74, 6) is 0. The lowest BCUT2D eigenvalue weighted by molar-refractivity contribution is -0.131. The summed E-state index contributed by atoms with van der Waals surface area (Å²) in [5.41, 5.74) is 0. The summed E-state index contributed by atoms with van der Waals surface area (Å²) in [6.45, 7) is 2.26. The third-order valence-electron chi connectivity index (χ3n) is 1.09. The number of amides is 1. The van der Waals surface area contributed by atoms with Crippen LogP contribution >= 0.6 is 0 Å². The van der Waals surface area contributed by atoms with Crippen LogP contribution in [0.15, 0.2) is 0 Å². The molecule has 0 radical (unpaired) electrons. The van der Waals surface area contributed by atoms with E-state index in [4.69, 9.17) is 0 Å². The Morgan fingerprint density at radius 3 is 2.67 bits per heavy atom. The Labute approximate surface area is 54.6 Å². The third kappa shape index (κ3) is 5.27. The molecular weight excluding hydrogens is 121 g/mol. The van der Waals surface area contributed by atoms with Crippen LogP contribution in [0.25, 0.3) is 0 Å². The van der Waals surface area contributed by atoms with Crippen molar-refractivity contribution in [2.24, 2.45) is 0 Å². The number of halogens is 1. The molecule has 0 unspecified atom stereocenters. The number of rotatable bonds is 5. The van der Waals surface area contributed by atoms with Gasteiger partial charge >= 0.3 is 0 Å². The van der Waals surface area contributed by atoms with Crippen LogP contribution in [0, 0.1) is 0 Å². The molecule has 0 N–H and O–H groups in total. The fourth-order valence-electron chi connectivity index (χ4n) is 0.566. The minimum absolute atomic E-state index is 0.176. The Balaban J connectivity index is 2.96. The lowest BCUT2D eigenvalue weighted by Crippen LogP contribution is -2.11. The lowest BCUT2D eigenvalue weighted by atomic mass is 10.2. The van der Waals surface area contributed by atoms with Crippen molar-refractivity contribution in [1.82, 2.24) is 5.12 Å². The second kappa shape index (κ2) is 5.54. The van der Waals surface area contributed by atoms with Gasteiger partial charge in [0.1, 0.15) is 0 Å². The molecule has 0 bridgehead atoms. The van der Waals surface area contributed by atoms with Crippen LogP contribution in [0.2, 0.25) is 0 Å². The highest BCUT2D eigenvalue weighted by molar-refractivity contribution is 5.44. The van der Waals surface area contributed by atoms with E-state index in [-0.39, 0.29) is 18.1 Å². The van der Waals surface area contributed by atoms with Crippen molar-refractivity contribution in [2.75, 3.05) is 6.54 Å². The average molecular weight is 133 g/mol. The maximum Gasteiger partial charge on any atom is 0.237 e. The first kappa shape index (κ1) is 8.40. The summed E-state index contributed by atoms with van der Waals surface area (Å²) in [4.78, 5) is 9.65. The van der Waals surface area contributed by atoms with Gasteiger partial charge in [0.05, 0.1) is 6.54 Å². The van der Waals surface area contributed by atoms with Gasteiger partial charge in [-0.05, 0) is 6.42 Å². The molecule has 0 fully saturated rings. The van der Waals surface area contributed by atoms with Gasteiger partial charge in [0, 0.05) is 0 Å². The molecule has 0 aromatic heterocycles. The SMILES string of the molecule is CCCCCN(F)C=O. The molecule has 3 heteroatoms. The van der Waals surface area contributed by atoms with E-state index in [0.29, 0.717) is 0 Å². The second-order valence-corrected chi connectivity index (χ2v) is 1.94. The van der Waals surface area contributed by atoms with Crippen molar-refractivity contribution in [3.8, 4) is 0 Å². The van der Waals surface area contributed by atoms with Gasteiger partial charge in [-0.15, -0.1) is 0 Å². The molecule has 0 aliphatic rings.